The molecule has 0 saturated heterocycles. The second kappa shape index (κ2) is 7.37. The lowest BCUT2D eigenvalue weighted by atomic mass is 10.1. The Kier molecular flexibility index (Phi) is 5.48. The minimum atomic E-state index is -4.44. The molecule has 1 heterocycles. The number of hydrogen-bond acceptors (Lipinski definition) is 4. The number of aromatic nitrogens is 1. The van der Waals surface area contributed by atoms with Crippen LogP contribution in [0.2, 0.25) is 0 Å². The molecule has 1 N–H and O–H groups in total. The predicted molar refractivity (Wildman–Crippen MR) is 80.9 cm³/mol. The lowest BCUT2D eigenvalue weighted by Crippen LogP contribution is -2.20. The number of amides is 1. The molecule has 1 aromatic heterocycles. The summed E-state index contributed by atoms with van der Waals surface area (Å²) >= 11 is 0. The second-order valence-electron chi connectivity index (χ2n) is 5.25. The minimum absolute atomic E-state index is 0.0273. The fraction of sp³-hybridized carbons (Fsp3) is 0.375. The number of ether oxygens (including phenoxy) is 1. The average Bonchev–Trinajstić information content (AvgIpc) is 2.82. The molecule has 1 amide bonds. The van der Waals surface area contributed by atoms with Gasteiger partial charge in [0.1, 0.15) is 11.5 Å². The van der Waals surface area contributed by atoms with E-state index in [0.717, 1.165) is 5.56 Å². The van der Waals surface area contributed by atoms with Crippen LogP contribution in [-0.4, -0.2) is 23.8 Å². The van der Waals surface area contributed by atoms with E-state index in [1.165, 1.54) is 18.2 Å². The van der Waals surface area contributed by atoms with Crippen molar-refractivity contribution >= 4 is 11.6 Å². The summed E-state index contributed by atoms with van der Waals surface area (Å²) in [5.41, 5.74) is 1.77. The molecule has 130 valence electrons. The zero-order valence-corrected chi connectivity index (χ0v) is 13.2. The van der Waals surface area contributed by atoms with Crippen LogP contribution in [0.4, 0.5) is 18.9 Å². The number of anilines is 1. The fourth-order valence-electron chi connectivity index (χ4n) is 2.17. The van der Waals surface area contributed by atoms with Crippen LogP contribution >= 0.6 is 0 Å². The number of nitrogens with one attached hydrogen (secondary N) is 1. The molecule has 0 bridgehead atoms. The Morgan fingerprint density at radius 2 is 2.00 bits per heavy atom. The van der Waals surface area contributed by atoms with Gasteiger partial charge in [-0.25, -0.2) is 0 Å². The molecule has 8 heteroatoms. The van der Waals surface area contributed by atoms with Gasteiger partial charge in [-0.1, -0.05) is 17.3 Å². The van der Waals surface area contributed by atoms with Crippen molar-refractivity contribution in [3.8, 4) is 5.75 Å². The molecule has 0 saturated carbocycles. The van der Waals surface area contributed by atoms with Crippen molar-refractivity contribution in [2.24, 2.45) is 0 Å². The molecule has 0 aliphatic rings. The molecular weight excluding hydrogens is 325 g/mol. The highest BCUT2D eigenvalue weighted by molar-refractivity contribution is 5.92. The summed E-state index contributed by atoms with van der Waals surface area (Å²) < 4.78 is 46.5. The number of carbonyl (C=O) groups excluding carboxylic acids is 1. The van der Waals surface area contributed by atoms with Crippen molar-refractivity contribution in [3.05, 3.63) is 41.3 Å². The van der Waals surface area contributed by atoms with E-state index in [1.54, 1.807) is 19.9 Å². The van der Waals surface area contributed by atoms with Gasteiger partial charge < -0.3 is 14.6 Å². The van der Waals surface area contributed by atoms with Gasteiger partial charge in [-0.2, -0.15) is 13.2 Å². The third kappa shape index (κ3) is 5.00. The number of carbonyl (C=O) groups is 1. The van der Waals surface area contributed by atoms with E-state index in [2.05, 4.69) is 10.5 Å². The molecule has 0 fully saturated rings. The number of alkyl halides is 3. The molecule has 2 rings (SSSR count). The highest BCUT2D eigenvalue weighted by Gasteiger charge is 2.28. The van der Waals surface area contributed by atoms with Gasteiger partial charge in [0.15, 0.2) is 6.61 Å². The number of para-hydroxylation sites is 2. The zero-order chi connectivity index (χ0) is 17.7. The van der Waals surface area contributed by atoms with Crippen molar-refractivity contribution in [2.75, 3.05) is 11.9 Å². The highest BCUT2D eigenvalue weighted by Crippen LogP contribution is 2.26. The molecule has 0 spiro atoms. The summed E-state index contributed by atoms with van der Waals surface area (Å²) in [6.07, 6.45) is -3.87. The van der Waals surface area contributed by atoms with Crippen LogP contribution in [0.25, 0.3) is 0 Å². The Hall–Kier alpha value is -2.51. The number of rotatable bonds is 6. The van der Waals surface area contributed by atoms with E-state index >= 15 is 0 Å². The maximum absolute atomic E-state index is 12.3. The van der Waals surface area contributed by atoms with Gasteiger partial charge in [0.05, 0.1) is 11.4 Å². The van der Waals surface area contributed by atoms with Crippen molar-refractivity contribution in [1.29, 1.82) is 0 Å². The quantitative estimate of drug-likeness (QED) is 0.867. The monoisotopic (exact) mass is 342 g/mol. The van der Waals surface area contributed by atoms with E-state index < -0.39 is 12.8 Å². The van der Waals surface area contributed by atoms with Crippen LogP contribution in [-0.2, 0) is 11.2 Å². The lowest BCUT2D eigenvalue weighted by molar-refractivity contribution is -0.153. The molecule has 2 aromatic rings. The van der Waals surface area contributed by atoms with Crippen LogP contribution in [0, 0.1) is 13.8 Å². The van der Waals surface area contributed by atoms with Crippen molar-refractivity contribution in [2.45, 2.75) is 32.9 Å². The number of nitrogens with zero attached hydrogens (tertiary/aromatic N) is 1. The third-order valence-electron chi connectivity index (χ3n) is 3.34. The smallest absolute Gasteiger partial charge is 0.422 e. The van der Waals surface area contributed by atoms with Crippen molar-refractivity contribution in [1.82, 2.24) is 5.16 Å². The summed E-state index contributed by atoms with van der Waals surface area (Å²) in [7, 11) is 0. The standard InChI is InChI=1S/C16H17F3N2O3/c1-10-12(11(2)24-21-10)7-8-15(22)20-13-5-3-4-6-14(13)23-9-16(17,18)19/h3-6H,7-9H2,1-2H3,(H,20,22). The van der Waals surface area contributed by atoms with Crippen LogP contribution in [0.5, 0.6) is 5.75 Å². The molecule has 1 aromatic carbocycles. The normalized spacial score (nSPS) is 11.4. The minimum Gasteiger partial charge on any atom is -0.482 e. The van der Waals surface area contributed by atoms with E-state index in [4.69, 9.17) is 9.26 Å². The molecule has 0 radical (unpaired) electrons. The molecule has 0 aliphatic heterocycles. The van der Waals surface area contributed by atoms with Crippen LogP contribution in [0.15, 0.2) is 28.8 Å². The number of halogens is 3. The van der Waals surface area contributed by atoms with Crippen LogP contribution in [0.3, 0.4) is 0 Å². The topological polar surface area (TPSA) is 64.4 Å². The first-order chi connectivity index (χ1) is 11.3. The Labute approximate surface area is 136 Å². The molecular formula is C16H17F3N2O3. The highest BCUT2D eigenvalue weighted by atomic mass is 19.4. The van der Waals surface area contributed by atoms with Gasteiger partial charge in [0.2, 0.25) is 5.91 Å². The molecule has 0 atom stereocenters. The molecule has 5 nitrogen and oxygen atoms in total. The SMILES string of the molecule is Cc1noc(C)c1CCC(=O)Nc1ccccc1OCC(F)(F)F. The van der Waals surface area contributed by atoms with Crippen molar-refractivity contribution < 1.29 is 27.2 Å². The Morgan fingerprint density at radius 1 is 1.29 bits per heavy atom. The first-order valence-electron chi connectivity index (χ1n) is 7.26. The maximum Gasteiger partial charge on any atom is 0.422 e. The van der Waals surface area contributed by atoms with Crippen LogP contribution < -0.4 is 10.1 Å². The van der Waals surface area contributed by atoms with Gasteiger partial charge in [0, 0.05) is 12.0 Å². The first kappa shape index (κ1) is 17.8. The number of hydrogen-bond donors (Lipinski definition) is 1. The van der Waals surface area contributed by atoms with Gasteiger partial charge in [0.25, 0.3) is 0 Å². The van der Waals surface area contributed by atoms with Gasteiger partial charge in [-0.15, -0.1) is 0 Å². The summed E-state index contributed by atoms with van der Waals surface area (Å²) in [5, 5.41) is 6.37. The third-order valence-corrected chi connectivity index (χ3v) is 3.34. The fourth-order valence-corrected chi connectivity index (χ4v) is 2.17. The summed E-state index contributed by atoms with van der Waals surface area (Å²) in [6, 6.07) is 5.99. The van der Waals surface area contributed by atoms with Crippen LogP contribution in [0.1, 0.15) is 23.4 Å². The van der Waals surface area contributed by atoms with Crippen molar-refractivity contribution in [3.63, 3.8) is 0 Å². The van der Waals surface area contributed by atoms with Gasteiger partial charge in [-0.3, -0.25) is 4.79 Å². The van der Waals surface area contributed by atoms with Gasteiger partial charge >= 0.3 is 6.18 Å². The summed E-state index contributed by atoms with van der Waals surface area (Å²) in [6.45, 7) is 2.12. The van der Waals surface area contributed by atoms with E-state index in [1.807, 2.05) is 0 Å². The molecule has 24 heavy (non-hydrogen) atoms. The predicted octanol–water partition coefficient (Wildman–Crippen LogP) is 3.80. The Balaban J connectivity index is 1.96. The maximum atomic E-state index is 12.3. The zero-order valence-electron chi connectivity index (χ0n) is 13.2. The molecule has 0 unspecified atom stereocenters. The summed E-state index contributed by atoms with van der Waals surface area (Å²) in [4.78, 5) is 12.0. The van der Waals surface area contributed by atoms with E-state index in [0.29, 0.717) is 17.9 Å². The molecule has 0 aliphatic carbocycles. The Bertz CT molecular complexity index is 691. The second-order valence-corrected chi connectivity index (χ2v) is 5.25. The number of benzene rings is 1. The first-order valence-corrected chi connectivity index (χ1v) is 7.26. The largest absolute Gasteiger partial charge is 0.482 e. The van der Waals surface area contributed by atoms with E-state index in [9.17, 15) is 18.0 Å². The lowest BCUT2D eigenvalue weighted by Gasteiger charge is -2.13. The Morgan fingerprint density at radius 3 is 2.62 bits per heavy atom. The average molecular weight is 342 g/mol. The van der Waals surface area contributed by atoms with E-state index in [-0.39, 0.29) is 23.8 Å². The van der Waals surface area contributed by atoms with Gasteiger partial charge in [-0.05, 0) is 32.4 Å². The summed E-state index contributed by atoms with van der Waals surface area (Å²) in [5.74, 6) is 0.285. The number of aryl methyl sites for hydroxylation is 2.